The van der Waals surface area contributed by atoms with Gasteiger partial charge in [-0.3, -0.25) is 9.69 Å². The van der Waals surface area contributed by atoms with Gasteiger partial charge in [0, 0.05) is 37.7 Å². The van der Waals surface area contributed by atoms with Gasteiger partial charge in [0.2, 0.25) is 0 Å². The van der Waals surface area contributed by atoms with Crippen LogP contribution in [0.4, 0.5) is 5.69 Å². The number of amides is 1. The average Bonchev–Trinajstić information content (AvgIpc) is 3.15. The first kappa shape index (κ1) is 18.7. The van der Waals surface area contributed by atoms with Crippen molar-refractivity contribution in [1.82, 2.24) is 14.5 Å². The molecule has 6 heteroatoms. The number of aryl methyl sites for hydroxylation is 1. The number of aromatic nitrogens is 2. The Morgan fingerprint density at radius 2 is 2.07 bits per heavy atom. The van der Waals surface area contributed by atoms with Crippen LogP contribution in [0.1, 0.15) is 34.2 Å². The molecule has 1 aliphatic rings. The predicted molar refractivity (Wildman–Crippen MR) is 112 cm³/mol. The highest BCUT2D eigenvalue weighted by Gasteiger charge is 2.19. The minimum Gasteiger partial charge on any atom is -0.334 e. The van der Waals surface area contributed by atoms with Gasteiger partial charge in [-0.15, -0.1) is 0 Å². The molecule has 5 nitrogen and oxygen atoms in total. The van der Waals surface area contributed by atoms with E-state index < -0.39 is 0 Å². The molecule has 1 amide bonds. The van der Waals surface area contributed by atoms with Gasteiger partial charge in [-0.1, -0.05) is 29.8 Å². The Bertz CT molecular complexity index is 998. The predicted octanol–water partition coefficient (Wildman–Crippen LogP) is 4.37. The van der Waals surface area contributed by atoms with Gasteiger partial charge in [0.1, 0.15) is 5.82 Å². The van der Waals surface area contributed by atoms with Gasteiger partial charge in [-0.25, -0.2) is 4.98 Å². The summed E-state index contributed by atoms with van der Waals surface area (Å²) in [6.45, 7) is 5.75. The van der Waals surface area contributed by atoms with Crippen LogP contribution in [0, 0.1) is 0 Å². The number of rotatable bonds is 5. The lowest BCUT2D eigenvalue weighted by atomic mass is 9.99. The van der Waals surface area contributed by atoms with Gasteiger partial charge in [-0.2, -0.15) is 0 Å². The quantitative estimate of drug-likeness (QED) is 0.699. The molecule has 0 radical (unpaired) electrons. The number of carbonyl (C=O) groups excluding carboxylic acids is 1. The Morgan fingerprint density at radius 3 is 2.89 bits per heavy atom. The van der Waals surface area contributed by atoms with Gasteiger partial charge in [0.15, 0.2) is 0 Å². The second-order valence-corrected chi connectivity index (χ2v) is 7.41. The van der Waals surface area contributed by atoms with E-state index in [2.05, 4.69) is 38.8 Å². The van der Waals surface area contributed by atoms with Crippen LogP contribution in [0.2, 0.25) is 5.02 Å². The second-order valence-electron chi connectivity index (χ2n) is 7.01. The van der Waals surface area contributed by atoms with Gasteiger partial charge in [-0.05, 0) is 48.7 Å². The largest absolute Gasteiger partial charge is 0.334 e. The molecule has 2 heterocycles. The summed E-state index contributed by atoms with van der Waals surface area (Å²) in [5, 5.41) is 3.42. The molecular formula is C22H23ClN4O. The third-order valence-corrected chi connectivity index (χ3v) is 5.51. The highest BCUT2D eigenvalue weighted by Crippen LogP contribution is 2.25. The molecule has 0 bridgehead atoms. The molecule has 28 heavy (non-hydrogen) atoms. The first-order valence-corrected chi connectivity index (χ1v) is 9.92. The maximum atomic E-state index is 12.5. The second kappa shape index (κ2) is 8.17. The smallest absolute Gasteiger partial charge is 0.257 e. The number of halogens is 1. The molecule has 2 aromatic carbocycles. The lowest BCUT2D eigenvalue weighted by molar-refractivity contribution is 0.102. The van der Waals surface area contributed by atoms with Crippen molar-refractivity contribution in [2.75, 3.05) is 11.9 Å². The van der Waals surface area contributed by atoms with E-state index in [0.29, 0.717) is 10.6 Å². The maximum absolute atomic E-state index is 12.5. The van der Waals surface area contributed by atoms with Gasteiger partial charge < -0.3 is 9.88 Å². The summed E-state index contributed by atoms with van der Waals surface area (Å²) < 4.78 is 2.18. The zero-order valence-corrected chi connectivity index (χ0v) is 16.6. The van der Waals surface area contributed by atoms with Crippen LogP contribution in [0.15, 0.2) is 54.9 Å². The van der Waals surface area contributed by atoms with Crippen LogP contribution < -0.4 is 5.32 Å². The fraction of sp³-hybridized carbons (Fsp3) is 0.273. The van der Waals surface area contributed by atoms with Crippen LogP contribution in [0.3, 0.4) is 0 Å². The minimum absolute atomic E-state index is 0.191. The van der Waals surface area contributed by atoms with Crippen LogP contribution in [-0.2, 0) is 26.1 Å². The maximum Gasteiger partial charge on any atom is 0.257 e. The fourth-order valence-corrected chi connectivity index (χ4v) is 3.87. The monoisotopic (exact) mass is 394 g/mol. The Balaban J connectivity index is 1.48. The van der Waals surface area contributed by atoms with Crippen LogP contribution in [0.5, 0.6) is 0 Å². The zero-order valence-electron chi connectivity index (χ0n) is 15.9. The number of fused-ring (bicyclic) bond motifs is 1. The number of benzene rings is 2. The number of nitrogens with zero attached hydrogens (tertiary/aromatic N) is 3. The number of anilines is 1. The number of carbonyl (C=O) groups is 1. The van der Waals surface area contributed by atoms with Crippen LogP contribution >= 0.6 is 11.6 Å². The molecule has 144 valence electrons. The Labute approximate surface area is 170 Å². The average molecular weight is 395 g/mol. The van der Waals surface area contributed by atoms with Gasteiger partial charge in [0.05, 0.1) is 17.1 Å². The van der Waals surface area contributed by atoms with E-state index in [1.54, 1.807) is 12.1 Å². The van der Waals surface area contributed by atoms with Crippen molar-refractivity contribution in [1.29, 1.82) is 0 Å². The summed E-state index contributed by atoms with van der Waals surface area (Å²) in [5.74, 6) is 0.900. The van der Waals surface area contributed by atoms with E-state index in [0.717, 1.165) is 44.1 Å². The standard InChI is InChI=1S/C22H23ClN4O/c1-2-27-12-10-24-21(27)15-26-11-9-16-7-8-18(13-17(16)14-26)25-22(28)19-5-3-4-6-20(19)23/h3-8,10,12-13H,2,9,11,14-15H2,1H3,(H,25,28). The Hall–Kier alpha value is -2.63. The van der Waals surface area contributed by atoms with Gasteiger partial charge in [0.25, 0.3) is 5.91 Å². The van der Waals surface area contributed by atoms with Crippen LogP contribution in [0.25, 0.3) is 0 Å². The number of nitrogens with one attached hydrogen (secondary N) is 1. The summed E-state index contributed by atoms with van der Waals surface area (Å²) in [6.07, 6.45) is 4.88. The summed E-state index contributed by atoms with van der Waals surface area (Å²) in [7, 11) is 0. The zero-order chi connectivity index (χ0) is 19.5. The van der Waals surface area contributed by atoms with E-state index in [1.807, 2.05) is 30.6 Å². The highest BCUT2D eigenvalue weighted by atomic mass is 35.5. The summed E-state index contributed by atoms with van der Waals surface area (Å²) in [6, 6.07) is 13.2. The van der Waals surface area contributed by atoms with Gasteiger partial charge >= 0.3 is 0 Å². The number of hydrogen-bond donors (Lipinski definition) is 1. The molecule has 1 N–H and O–H groups in total. The summed E-state index contributed by atoms with van der Waals surface area (Å²) >= 11 is 6.14. The SMILES string of the molecule is CCn1ccnc1CN1CCc2ccc(NC(=O)c3ccccc3Cl)cc2C1. The molecule has 0 aliphatic carbocycles. The van der Waals surface area contributed by atoms with E-state index in [9.17, 15) is 4.79 Å². The van der Waals surface area contributed by atoms with Crippen LogP contribution in [-0.4, -0.2) is 26.9 Å². The topological polar surface area (TPSA) is 50.2 Å². The molecule has 0 saturated carbocycles. The molecule has 0 saturated heterocycles. The summed E-state index contributed by atoms with van der Waals surface area (Å²) in [5.41, 5.74) is 3.86. The van der Waals surface area contributed by atoms with Crippen molar-refractivity contribution in [3.63, 3.8) is 0 Å². The number of hydrogen-bond acceptors (Lipinski definition) is 3. The van der Waals surface area contributed by atoms with E-state index in [1.165, 1.54) is 11.1 Å². The van der Waals surface area contributed by atoms with Crippen molar-refractivity contribution in [2.45, 2.75) is 33.0 Å². The Morgan fingerprint density at radius 1 is 1.21 bits per heavy atom. The van der Waals surface area contributed by atoms with E-state index >= 15 is 0 Å². The first-order chi connectivity index (χ1) is 13.6. The molecular weight excluding hydrogens is 372 g/mol. The fourth-order valence-electron chi connectivity index (χ4n) is 3.65. The summed E-state index contributed by atoms with van der Waals surface area (Å²) in [4.78, 5) is 19.4. The normalized spacial score (nSPS) is 13.9. The third-order valence-electron chi connectivity index (χ3n) is 5.18. The van der Waals surface area contributed by atoms with Crippen molar-refractivity contribution >= 4 is 23.2 Å². The minimum atomic E-state index is -0.191. The highest BCUT2D eigenvalue weighted by molar-refractivity contribution is 6.34. The third kappa shape index (κ3) is 3.96. The van der Waals surface area contributed by atoms with Crippen molar-refractivity contribution in [3.8, 4) is 0 Å². The molecule has 0 fully saturated rings. The molecule has 0 unspecified atom stereocenters. The molecule has 0 atom stereocenters. The van der Waals surface area contributed by atoms with Crippen molar-refractivity contribution in [3.05, 3.63) is 82.4 Å². The lowest BCUT2D eigenvalue weighted by Crippen LogP contribution is -2.31. The molecule has 3 aromatic rings. The molecule has 1 aromatic heterocycles. The molecule has 4 rings (SSSR count). The Kier molecular flexibility index (Phi) is 5.46. The lowest BCUT2D eigenvalue weighted by Gasteiger charge is -2.29. The van der Waals surface area contributed by atoms with Crippen molar-refractivity contribution in [2.24, 2.45) is 0 Å². The number of imidazole rings is 1. The van der Waals surface area contributed by atoms with E-state index in [4.69, 9.17) is 11.6 Å². The molecule has 0 spiro atoms. The molecule has 1 aliphatic heterocycles. The van der Waals surface area contributed by atoms with Crippen molar-refractivity contribution < 1.29 is 4.79 Å². The van der Waals surface area contributed by atoms with E-state index in [-0.39, 0.29) is 5.91 Å². The first-order valence-electron chi connectivity index (χ1n) is 9.54.